The van der Waals surface area contributed by atoms with Crippen LogP contribution in [0, 0.1) is 5.41 Å². The number of amides is 1. The Morgan fingerprint density at radius 3 is 2.82 bits per heavy atom. The van der Waals surface area contributed by atoms with Crippen LogP contribution in [0.5, 0.6) is 0 Å². The van der Waals surface area contributed by atoms with E-state index < -0.39 is 0 Å². The molecule has 0 aromatic carbocycles. The quantitative estimate of drug-likeness (QED) is 0.898. The van der Waals surface area contributed by atoms with Gasteiger partial charge in [0.15, 0.2) is 0 Å². The van der Waals surface area contributed by atoms with E-state index in [1.165, 1.54) is 0 Å². The van der Waals surface area contributed by atoms with Crippen molar-refractivity contribution in [1.82, 2.24) is 10.3 Å². The Balaban J connectivity index is 2.74. The highest BCUT2D eigenvalue weighted by molar-refractivity contribution is 9.10. The van der Waals surface area contributed by atoms with Gasteiger partial charge < -0.3 is 11.1 Å². The SMILES string of the molecule is CCC(C)(C)CNC(=O)c1cc(Br)cnc1N. The number of carbonyl (C=O) groups is 1. The van der Waals surface area contributed by atoms with Gasteiger partial charge in [0.25, 0.3) is 5.91 Å². The third kappa shape index (κ3) is 4.00. The molecule has 1 rings (SSSR count). The number of anilines is 1. The molecule has 0 fully saturated rings. The summed E-state index contributed by atoms with van der Waals surface area (Å²) < 4.78 is 0.742. The van der Waals surface area contributed by atoms with E-state index in [1.807, 2.05) is 0 Å². The molecule has 5 heteroatoms. The van der Waals surface area contributed by atoms with Gasteiger partial charge in [0.1, 0.15) is 5.82 Å². The van der Waals surface area contributed by atoms with E-state index in [4.69, 9.17) is 5.73 Å². The molecule has 0 radical (unpaired) electrons. The second kappa shape index (κ2) is 5.49. The van der Waals surface area contributed by atoms with Crippen LogP contribution in [0.25, 0.3) is 0 Å². The van der Waals surface area contributed by atoms with Crippen molar-refractivity contribution in [3.63, 3.8) is 0 Å². The molecule has 1 amide bonds. The normalized spacial score (nSPS) is 11.3. The van der Waals surface area contributed by atoms with Crippen molar-refractivity contribution in [2.75, 3.05) is 12.3 Å². The average Bonchev–Trinajstić information content (AvgIpc) is 2.29. The Bertz CT molecular complexity index is 418. The van der Waals surface area contributed by atoms with Crippen molar-refractivity contribution in [2.24, 2.45) is 5.41 Å². The maximum absolute atomic E-state index is 11.9. The van der Waals surface area contributed by atoms with Crippen molar-refractivity contribution in [3.05, 3.63) is 22.3 Å². The lowest BCUT2D eigenvalue weighted by molar-refractivity contribution is 0.0936. The number of hydrogen-bond donors (Lipinski definition) is 2. The van der Waals surface area contributed by atoms with Gasteiger partial charge >= 0.3 is 0 Å². The molecule has 0 spiro atoms. The fourth-order valence-corrected chi connectivity index (χ4v) is 1.50. The number of nitrogen functional groups attached to an aromatic ring is 1. The fraction of sp³-hybridized carbons (Fsp3) is 0.500. The van der Waals surface area contributed by atoms with Gasteiger partial charge in [0, 0.05) is 17.2 Å². The Kier molecular flexibility index (Phi) is 4.51. The van der Waals surface area contributed by atoms with Gasteiger partial charge in [-0.2, -0.15) is 0 Å². The summed E-state index contributed by atoms with van der Waals surface area (Å²) in [6.07, 6.45) is 2.57. The molecular weight excluding hydrogens is 282 g/mol. The van der Waals surface area contributed by atoms with Crippen molar-refractivity contribution in [3.8, 4) is 0 Å². The molecule has 0 saturated carbocycles. The number of hydrogen-bond acceptors (Lipinski definition) is 3. The molecule has 17 heavy (non-hydrogen) atoms. The third-order valence-corrected chi connectivity index (χ3v) is 3.25. The van der Waals surface area contributed by atoms with Crippen LogP contribution in [0.1, 0.15) is 37.6 Å². The minimum absolute atomic E-state index is 0.0872. The first-order valence-corrected chi connectivity index (χ1v) is 6.34. The van der Waals surface area contributed by atoms with Crippen LogP contribution in [0.4, 0.5) is 5.82 Å². The zero-order valence-corrected chi connectivity index (χ0v) is 12.0. The van der Waals surface area contributed by atoms with Crippen LogP contribution in [0.3, 0.4) is 0 Å². The van der Waals surface area contributed by atoms with Crippen molar-refractivity contribution >= 4 is 27.7 Å². The lowest BCUT2D eigenvalue weighted by Crippen LogP contribution is -2.34. The maximum atomic E-state index is 11.9. The summed E-state index contributed by atoms with van der Waals surface area (Å²) in [6.45, 7) is 6.93. The Hall–Kier alpha value is -1.10. The average molecular weight is 300 g/mol. The minimum Gasteiger partial charge on any atom is -0.383 e. The fourth-order valence-electron chi connectivity index (χ4n) is 1.17. The van der Waals surface area contributed by atoms with Crippen LogP contribution in [-0.4, -0.2) is 17.4 Å². The molecule has 0 atom stereocenters. The molecule has 1 heterocycles. The first kappa shape index (κ1) is 14.0. The van der Waals surface area contributed by atoms with E-state index in [-0.39, 0.29) is 17.1 Å². The summed E-state index contributed by atoms with van der Waals surface area (Å²) in [5.41, 5.74) is 6.17. The number of rotatable bonds is 4. The summed E-state index contributed by atoms with van der Waals surface area (Å²) >= 11 is 3.27. The number of pyridine rings is 1. The van der Waals surface area contributed by atoms with E-state index in [0.29, 0.717) is 12.1 Å². The summed E-state index contributed by atoms with van der Waals surface area (Å²) in [4.78, 5) is 15.9. The van der Waals surface area contributed by atoms with Gasteiger partial charge in [0.05, 0.1) is 5.56 Å². The van der Waals surface area contributed by atoms with Crippen LogP contribution < -0.4 is 11.1 Å². The number of nitrogens with one attached hydrogen (secondary N) is 1. The number of nitrogens with two attached hydrogens (primary N) is 1. The molecule has 0 aliphatic heterocycles. The second-order valence-electron chi connectivity index (χ2n) is 4.79. The van der Waals surface area contributed by atoms with Gasteiger partial charge in [-0.05, 0) is 33.8 Å². The molecule has 0 aliphatic carbocycles. The lowest BCUT2D eigenvalue weighted by atomic mass is 9.90. The van der Waals surface area contributed by atoms with E-state index in [0.717, 1.165) is 10.9 Å². The zero-order valence-electron chi connectivity index (χ0n) is 10.4. The Morgan fingerprint density at radius 1 is 1.59 bits per heavy atom. The maximum Gasteiger partial charge on any atom is 0.255 e. The zero-order chi connectivity index (χ0) is 13.1. The summed E-state index contributed by atoms with van der Waals surface area (Å²) in [6, 6.07) is 1.68. The third-order valence-electron chi connectivity index (χ3n) is 2.81. The Morgan fingerprint density at radius 2 is 2.24 bits per heavy atom. The highest BCUT2D eigenvalue weighted by Gasteiger charge is 2.18. The first-order valence-electron chi connectivity index (χ1n) is 5.55. The van der Waals surface area contributed by atoms with Gasteiger partial charge in [-0.1, -0.05) is 20.8 Å². The summed E-state index contributed by atoms with van der Waals surface area (Å²) in [5, 5.41) is 2.88. The van der Waals surface area contributed by atoms with E-state index in [1.54, 1.807) is 12.3 Å². The predicted molar refractivity (Wildman–Crippen MR) is 72.8 cm³/mol. The largest absolute Gasteiger partial charge is 0.383 e. The van der Waals surface area contributed by atoms with Crippen LogP contribution in [0.2, 0.25) is 0 Å². The molecule has 3 N–H and O–H groups in total. The van der Waals surface area contributed by atoms with Crippen LogP contribution in [0.15, 0.2) is 16.7 Å². The van der Waals surface area contributed by atoms with Gasteiger partial charge in [-0.15, -0.1) is 0 Å². The molecule has 0 bridgehead atoms. The van der Waals surface area contributed by atoms with Crippen LogP contribution >= 0.6 is 15.9 Å². The highest BCUT2D eigenvalue weighted by atomic mass is 79.9. The standard InChI is InChI=1S/C12H18BrN3O/c1-4-12(2,3)7-16-11(17)9-5-8(13)6-15-10(9)14/h5-6H,4,7H2,1-3H3,(H2,14,15)(H,16,17). The number of carbonyl (C=O) groups excluding carboxylic acids is 1. The van der Waals surface area contributed by atoms with Crippen molar-refractivity contribution < 1.29 is 4.79 Å². The minimum atomic E-state index is -0.183. The molecule has 0 saturated heterocycles. The number of aromatic nitrogens is 1. The molecule has 1 aromatic heterocycles. The molecule has 1 aromatic rings. The molecular formula is C12H18BrN3O. The smallest absolute Gasteiger partial charge is 0.255 e. The lowest BCUT2D eigenvalue weighted by Gasteiger charge is -2.22. The topological polar surface area (TPSA) is 68.0 Å². The summed E-state index contributed by atoms with van der Waals surface area (Å²) in [5.74, 6) is 0.0674. The molecule has 4 nitrogen and oxygen atoms in total. The van der Waals surface area contributed by atoms with E-state index in [2.05, 4.69) is 47.0 Å². The van der Waals surface area contributed by atoms with Gasteiger partial charge in [-0.3, -0.25) is 4.79 Å². The van der Waals surface area contributed by atoms with Gasteiger partial charge in [0.2, 0.25) is 0 Å². The van der Waals surface area contributed by atoms with Gasteiger partial charge in [-0.25, -0.2) is 4.98 Å². The monoisotopic (exact) mass is 299 g/mol. The summed E-state index contributed by atoms with van der Waals surface area (Å²) in [7, 11) is 0. The second-order valence-corrected chi connectivity index (χ2v) is 5.70. The highest BCUT2D eigenvalue weighted by Crippen LogP contribution is 2.19. The van der Waals surface area contributed by atoms with Crippen molar-refractivity contribution in [2.45, 2.75) is 27.2 Å². The Labute approximate surface area is 110 Å². The molecule has 94 valence electrons. The first-order chi connectivity index (χ1) is 7.85. The number of halogens is 1. The van der Waals surface area contributed by atoms with E-state index in [9.17, 15) is 4.79 Å². The van der Waals surface area contributed by atoms with Crippen molar-refractivity contribution in [1.29, 1.82) is 0 Å². The predicted octanol–water partition coefficient (Wildman–Crippen LogP) is 2.59. The molecule has 0 aliphatic rings. The number of nitrogens with zero attached hydrogens (tertiary/aromatic N) is 1. The van der Waals surface area contributed by atoms with Crippen LogP contribution in [-0.2, 0) is 0 Å². The van der Waals surface area contributed by atoms with E-state index >= 15 is 0 Å². The molecule has 0 unspecified atom stereocenters.